The average Bonchev–Trinajstić information content (AvgIpc) is 2.31. The Kier molecular flexibility index (Phi) is 2.65. The van der Waals surface area contributed by atoms with Gasteiger partial charge in [0.1, 0.15) is 6.61 Å². The standard InChI is InChI=1S/C8H13NO2/c1-7(10)11-6-8-3-4-9(2)5-8/h3H,4-6H2,1-2H3. The van der Waals surface area contributed by atoms with E-state index in [9.17, 15) is 4.79 Å². The lowest BCUT2D eigenvalue weighted by molar-refractivity contribution is -0.140. The minimum absolute atomic E-state index is 0.208. The summed E-state index contributed by atoms with van der Waals surface area (Å²) in [5, 5.41) is 0. The van der Waals surface area contributed by atoms with Crippen molar-refractivity contribution in [1.29, 1.82) is 0 Å². The second kappa shape index (κ2) is 3.53. The Labute approximate surface area is 66.6 Å². The van der Waals surface area contributed by atoms with Crippen LogP contribution in [0.5, 0.6) is 0 Å². The molecule has 3 nitrogen and oxygen atoms in total. The van der Waals surface area contributed by atoms with Gasteiger partial charge in [-0.15, -0.1) is 0 Å². The summed E-state index contributed by atoms with van der Waals surface area (Å²) in [6, 6.07) is 0. The Morgan fingerprint density at radius 1 is 1.82 bits per heavy atom. The topological polar surface area (TPSA) is 29.5 Å². The van der Waals surface area contributed by atoms with Crippen molar-refractivity contribution in [2.45, 2.75) is 6.92 Å². The first kappa shape index (κ1) is 8.27. The zero-order valence-electron chi connectivity index (χ0n) is 6.96. The fourth-order valence-electron chi connectivity index (χ4n) is 1.06. The number of carbonyl (C=O) groups excluding carboxylic acids is 1. The van der Waals surface area contributed by atoms with Gasteiger partial charge in [0.15, 0.2) is 0 Å². The molecule has 0 saturated heterocycles. The third-order valence-corrected chi connectivity index (χ3v) is 1.63. The molecule has 0 aliphatic carbocycles. The van der Waals surface area contributed by atoms with Crippen molar-refractivity contribution in [3.05, 3.63) is 11.6 Å². The van der Waals surface area contributed by atoms with E-state index in [2.05, 4.69) is 11.0 Å². The molecule has 0 saturated carbocycles. The quantitative estimate of drug-likeness (QED) is 0.427. The molecular weight excluding hydrogens is 142 g/mol. The summed E-state index contributed by atoms with van der Waals surface area (Å²) in [4.78, 5) is 12.6. The van der Waals surface area contributed by atoms with Crippen molar-refractivity contribution in [2.24, 2.45) is 0 Å². The highest BCUT2D eigenvalue weighted by molar-refractivity contribution is 5.66. The van der Waals surface area contributed by atoms with E-state index in [0.717, 1.165) is 13.1 Å². The molecule has 11 heavy (non-hydrogen) atoms. The lowest BCUT2D eigenvalue weighted by atomic mass is 10.3. The molecule has 0 atom stereocenters. The van der Waals surface area contributed by atoms with Gasteiger partial charge in [0.25, 0.3) is 0 Å². The first-order valence-corrected chi connectivity index (χ1v) is 3.68. The maximum absolute atomic E-state index is 10.4. The largest absolute Gasteiger partial charge is 0.461 e. The maximum atomic E-state index is 10.4. The molecular formula is C8H13NO2. The zero-order chi connectivity index (χ0) is 8.27. The number of ether oxygens (including phenoxy) is 1. The van der Waals surface area contributed by atoms with Crippen LogP contribution in [0.3, 0.4) is 0 Å². The molecule has 0 bridgehead atoms. The molecule has 0 radical (unpaired) electrons. The summed E-state index contributed by atoms with van der Waals surface area (Å²) in [5.74, 6) is -0.208. The number of nitrogens with zero attached hydrogens (tertiary/aromatic N) is 1. The Bertz CT molecular complexity index is 187. The van der Waals surface area contributed by atoms with Crippen LogP contribution in [0.15, 0.2) is 11.6 Å². The highest BCUT2D eigenvalue weighted by Gasteiger charge is 2.09. The number of rotatable bonds is 2. The van der Waals surface area contributed by atoms with Crippen LogP contribution in [-0.4, -0.2) is 37.6 Å². The van der Waals surface area contributed by atoms with Crippen LogP contribution in [-0.2, 0) is 9.53 Å². The van der Waals surface area contributed by atoms with E-state index >= 15 is 0 Å². The van der Waals surface area contributed by atoms with E-state index in [0.29, 0.717) is 6.61 Å². The van der Waals surface area contributed by atoms with E-state index in [4.69, 9.17) is 4.74 Å². The summed E-state index contributed by atoms with van der Waals surface area (Å²) in [7, 11) is 2.04. The molecule has 1 rings (SSSR count). The van der Waals surface area contributed by atoms with Crippen molar-refractivity contribution in [2.75, 3.05) is 26.7 Å². The zero-order valence-corrected chi connectivity index (χ0v) is 6.96. The van der Waals surface area contributed by atoms with Crippen LogP contribution >= 0.6 is 0 Å². The molecule has 1 heterocycles. The molecule has 0 unspecified atom stereocenters. The predicted octanol–water partition coefficient (Wildman–Crippen LogP) is 0.421. The minimum Gasteiger partial charge on any atom is -0.461 e. The molecule has 1 aliphatic heterocycles. The molecule has 62 valence electrons. The van der Waals surface area contributed by atoms with Crippen LogP contribution in [0.4, 0.5) is 0 Å². The number of esters is 1. The minimum atomic E-state index is -0.208. The van der Waals surface area contributed by atoms with Gasteiger partial charge in [0.2, 0.25) is 0 Å². The Morgan fingerprint density at radius 2 is 2.55 bits per heavy atom. The third kappa shape index (κ3) is 2.72. The Balaban J connectivity index is 2.23. The van der Waals surface area contributed by atoms with Gasteiger partial charge in [-0.05, 0) is 12.6 Å². The molecule has 0 aromatic carbocycles. The van der Waals surface area contributed by atoms with Gasteiger partial charge >= 0.3 is 5.97 Å². The predicted molar refractivity (Wildman–Crippen MR) is 42.2 cm³/mol. The van der Waals surface area contributed by atoms with Crippen LogP contribution < -0.4 is 0 Å². The Hall–Kier alpha value is -0.830. The van der Waals surface area contributed by atoms with Gasteiger partial charge in [-0.3, -0.25) is 9.69 Å². The van der Waals surface area contributed by atoms with Crippen LogP contribution in [0.25, 0.3) is 0 Å². The molecule has 0 aromatic heterocycles. The fraction of sp³-hybridized carbons (Fsp3) is 0.625. The van der Waals surface area contributed by atoms with Gasteiger partial charge in [-0.25, -0.2) is 0 Å². The summed E-state index contributed by atoms with van der Waals surface area (Å²) >= 11 is 0. The van der Waals surface area contributed by atoms with Crippen molar-refractivity contribution >= 4 is 5.97 Å². The van der Waals surface area contributed by atoms with Crippen molar-refractivity contribution in [3.8, 4) is 0 Å². The highest BCUT2D eigenvalue weighted by atomic mass is 16.5. The van der Waals surface area contributed by atoms with E-state index < -0.39 is 0 Å². The molecule has 0 amide bonds. The molecule has 1 aliphatic rings. The van der Waals surface area contributed by atoms with Crippen LogP contribution in [0.1, 0.15) is 6.92 Å². The first-order valence-electron chi connectivity index (χ1n) is 3.68. The van der Waals surface area contributed by atoms with E-state index in [1.165, 1.54) is 12.5 Å². The van der Waals surface area contributed by atoms with E-state index in [1.54, 1.807) is 0 Å². The summed E-state index contributed by atoms with van der Waals surface area (Å²) in [6.07, 6.45) is 2.10. The number of carbonyl (C=O) groups is 1. The van der Waals surface area contributed by atoms with E-state index in [-0.39, 0.29) is 5.97 Å². The van der Waals surface area contributed by atoms with Crippen molar-refractivity contribution in [1.82, 2.24) is 4.90 Å². The third-order valence-electron chi connectivity index (χ3n) is 1.63. The van der Waals surface area contributed by atoms with Crippen molar-refractivity contribution in [3.63, 3.8) is 0 Å². The fourth-order valence-corrected chi connectivity index (χ4v) is 1.06. The maximum Gasteiger partial charge on any atom is 0.302 e. The molecule has 0 aromatic rings. The summed E-state index contributed by atoms with van der Waals surface area (Å²) in [5.41, 5.74) is 1.20. The molecule has 3 heteroatoms. The molecule has 0 fully saturated rings. The van der Waals surface area contributed by atoms with Gasteiger partial charge < -0.3 is 4.74 Å². The smallest absolute Gasteiger partial charge is 0.302 e. The summed E-state index contributed by atoms with van der Waals surface area (Å²) < 4.78 is 4.84. The molecule has 0 N–H and O–H groups in total. The second-order valence-corrected chi connectivity index (χ2v) is 2.84. The van der Waals surface area contributed by atoms with Gasteiger partial charge in [-0.2, -0.15) is 0 Å². The Morgan fingerprint density at radius 3 is 3.00 bits per heavy atom. The van der Waals surface area contributed by atoms with Gasteiger partial charge in [-0.1, -0.05) is 6.08 Å². The van der Waals surface area contributed by atoms with Gasteiger partial charge in [0.05, 0.1) is 0 Å². The van der Waals surface area contributed by atoms with Gasteiger partial charge in [0, 0.05) is 20.0 Å². The van der Waals surface area contributed by atoms with Crippen LogP contribution in [0.2, 0.25) is 0 Å². The van der Waals surface area contributed by atoms with Crippen molar-refractivity contribution < 1.29 is 9.53 Å². The average molecular weight is 155 g/mol. The monoisotopic (exact) mass is 155 g/mol. The normalized spacial score (nSPS) is 18.2. The SMILES string of the molecule is CC(=O)OCC1=CCN(C)C1. The lowest BCUT2D eigenvalue weighted by Crippen LogP contribution is -2.15. The lowest BCUT2D eigenvalue weighted by Gasteiger charge is -2.07. The number of likely N-dealkylation sites (N-methyl/N-ethyl adjacent to an activating group) is 1. The highest BCUT2D eigenvalue weighted by Crippen LogP contribution is 2.06. The second-order valence-electron chi connectivity index (χ2n) is 2.84. The summed E-state index contributed by atoms with van der Waals surface area (Å²) in [6.45, 7) is 3.78. The first-order chi connectivity index (χ1) is 5.18. The van der Waals surface area contributed by atoms with Crippen LogP contribution in [0, 0.1) is 0 Å². The number of hydrogen-bond acceptors (Lipinski definition) is 3. The molecule has 0 spiro atoms. The van der Waals surface area contributed by atoms with E-state index in [1.807, 2.05) is 7.05 Å². The number of hydrogen-bond donors (Lipinski definition) is 0.